The minimum Gasteiger partial charge on any atom is -0.497 e. The molecule has 0 bridgehead atoms. The van der Waals surface area contributed by atoms with Gasteiger partial charge in [0.25, 0.3) is 8.53 Å². The van der Waals surface area contributed by atoms with Gasteiger partial charge in [0.2, 0.25) is 6.54 Å². The first kappa shape index (κ1) is 34.8. The normalized spacial score (nSPS) is 19.2. The first-order valence-corrected chi connectivity index (χ1v) is 16.7. The molecule has 0 spiro atoms. The van der Waals surface area contributed by atoms with Crippen molar-refractivity contribution in [1.82, 2.24) is 4.67 Å². The van der Waals surface area contributed by atoms with Crippen molar-refractivity contribution in [3.8, 4) is 11.5 Å². The Morgan fingerprint density at radius 1 is 0.867 bits per heavy atom. The summed E-state index contributed by atoms with van der Waals surface area (Å²) in [6.07, 6.45) is 0.116. The van der Waals surface area contributed by atoms with Crippen LogP contribution in [-0.2, 0) is 24.1 Å². The van der Waals surface area contributed by atoms with E-state index in [1.807, 2.05) is 42.5 Å². The molecule has 1 aliphatic rings. The van der Waals surface area contributed by atoms with Gasteiger partial charge in [0.15, 0.2) is 0 Å². The molecule has 4 rings (SSSR count). The van der Waals surface area contributed by atoms with Crippen LogP contribution in [0.3, 0.4) is 0 Å². The fourth-order valence-corrected chi connectivity index (χ4v) is 7.61. The molecule has 3 aromatic carbocycles. The zero-order chi connectivity index (χ0) is 32.4. The first-order chi connectivity index (χ1) is 21.7. The Bertz CT molecular complexity index is 1290. The Labute approximate surface area is 270 Å². The average Bonchev–Trinajstić information content (AvgIpc) is 3.40. The molecule has 2 unspecified atom stereocenters. The van der Waals surface area contributed by atoms with Gasteiger partial charge in [-0.1, -0.05) is 54.6 Å². The van der Waals surface area contributed by atoms with Crippen molar-refractivity contribution in [3.63, 3.8) is 0 Å². The maximum atomic E-state index is 7.22. The van der Waals surface area contributed by atoms with Gasteiger partial charge in [-0.15, -0.1) is 0 Å². The van der Waals surface area contributed by atoms with Crippen LogP contribution in [0.1, 0.15) is 57.7 Å². The molecule has 0 N–H and O–H groups in total. The summed E-state index contributed by atoms with van der Waals surface area (Å²) in [6.45, 7) is 18.7. The number of benzene rings is 3. The molecule has 0 aliphatic carbocycles. The van der Waals surface area contributed by atoms with E-state index in [0.717, 1.165) is 28.2 Å². The van der Waals surface area contributed by atoms with Gasteiger partial charge in [-0.3, -0.25) is 0 Å². The highest BCUT2D eigenvalue weighted by Gasteiger charge is 2.43. The minimum atomic E-state index is -1.43. The molecule has 45 heavy (non-hydrogen) atoms. The molecule has 0 radical (unpaired) electrons. The predicted octanol–water partition coefficient (Wildman–Crippen LogP) is 7.86. The van der Waals surface area contributed by atoms with E-state index in [-0.39, 0.29) is 37.0 Å². The van der Waals surface area contributed by atoms with Gasteiger partial charge in [0.05, 0.1) is 33.0 Å². The lowest BCUT2D eigenvalue weighted by Gasteiger charge is -2.39. The summed E-state index contributed by atoms with van der Waals surface area (Å²) >= 11 is 0. The maximum absolute atomic E-state index is 7.22. The van der Waals surface area contributed by atoms with Crippen LogP contribution in [0.2, 0.25) is 0 Å². The molecule has 1 saturated heterocycles. The summed E-state index contributed by atoms with van der Waals surface area (Å²) in [5.41, 5.74) is 1.94. The highest BCUT2D eigenvalue weighted by atomic mass is 31.2. The van der Waals surface area contributed by atoms with Crippen LogP contribution in [0.25, 0.3) is 4.85 Å². The number of hydrogen-bond acceptors (Lipinski definition) is 7. The van der Waals surface area contributed by atoms with E-state index in [1.54, 1.807) is 14.2 Å². The quantitative estimate of drug-likeness (QED) is 0.0688. The smallest absolute Gasteiger partial charge is 0.259 e. The summed E-state index contributed by atoms with van der Waals surface area (Å²) in [5, 5.41) is 0. The van der Waals surface area contributed by atoms with Gasteiger partial charge < -0.3 is 32.8 Å². The van der Waals surface area contributed by atoms with Crippen LogP contribution in [-0.4, -0.2) is 69.0 Å². The summed E-state index contributed by atoms with van der Waals surface area (Å²) in [4.78, 5) is 3.48. The SMILES string of the molecule is [C-]#[N+]CCOP(OC1C[C@H](C)O[C@@H]1COC(c1ccccc1)(c1ccc(OC)cc1)c1ccc(OC)cc1)N(C(C)C)C(C)C. The van der Waals surface area contributed by atoms with Crippen LogP contribution in [0.15, 0.2) is 78.9 Å². The van der Waals surface area contributed by atoms with E-state index >= 15 is 0 Å². The van der Waals surface area contributed by atoms with Gasteiger partial charge in [0, 0.05) is 18.5 Å². The summed E-state index contributed by atoms with van der Waals surface area (Å²) < 4.78 is 39.9. The Kier molecular flexibility index (Phi) is 12.8. The molecule has 0 amide bonds. The van der Waals surface area contributed by atoms with Gasteiger partial charge in [-0.05, 0) is 75.6 Å². The standard InChI is InChI=1S/C36H47N2O6P/c1-26(2)38(27(3)4)45(42-23-22-37-6)44-34-24-28(5)43-35(34)25-41-36(29-12-10-9-11-13-29,30-14-18-32(39-7)19-15-30)31-16-20-33(40-8)21-17-31/h9-21,26-28,34-35H,22-25H2,1-5,7-8H3/t28-,34?,35+,45?/m0/s1. The highest BCUT2D eigenvalue weighted by molar-refractivity contribution is 7.44. The lowest BCUT2D eigenvalue weighted by atomic mass is 9.80. The zero-order valence-corrected chi connectivity index (χ0v) is 28.4. The third-order valence-corrected chi connectivity index (χ3v) is 10.1. The molecule has 242 valence electrons. The van der Waals surface area contributed by atoms with Crippen molar-refractivity contribution in [2.75, 3.05) is 34.0 Å². The van der Waals surface area contributed by atoms with Crippen molar-refractivity contribution in [1.29, 1.82) is 0 Å². The van der Waals surface area contributed by atoms with Gasteiger partial charge in [-0.25, -0.2) is 11.2 Å². The molecule has 1 heterocycles. The zero-order valence-electron chi connectivity index (χ0n) is 27.5. The van der Waals surface area contributed by atoms with E-state index in [2.05, 4.69) is 80.5 Å². The average molecular weight is 635 g/mol. The minimum absolute atomic E-state index is 0.0108. The topological polar surface area (TPSA) is 63.0 Å². The second kappa shape index (κ2) is 16.5. The molecule has 1 aliphatic heterocycles. The number of rotatable bonds is 16. The summed E-state index contributed by atoms with van der Waals surface area (Å²) in [6, 6.07) is 26.7. The van der Waals surface area contributed by atoms with E-state index in [1.165, 1.54) is 0 Å². The van der Waals surface area contributed by atoms with E-state index in [0.29, 0.717) is 19.6 Å². The van der Waals surface area contributed by atoms with Crippen LogP contribution < -0.4 is 9.47 Å². The molecule has 9 heteroatoms. The van der Waals surface area contributed by atoms with Crippen molar-refractivity contribution in [2.45, 2.75) is 77.0 Å². The molecule has 3 aromatic rings. The third-order valence-electron chi connectivity index (χ3n) is 7.90. The van der Waals surface area contributed by atoms with E-state index in [4.69, 9.17) is 34.6 Å². The lowest BCUT2D eigenvalue weighted by molar-refractivity contribution is -0.0777. The van der Waals surface area contributed by atoms with Gasteiger partial charge in [-0.2, -0.15) is 0 Å². The van der Waals surface area contributed by atoms with Crippen molar-refractivity contribution < 1.29 is 28.0 Å². The predicted molar refractivity (Wildman–Crippen MR) is 179 cm³/mol. The van der Waals surface area contributed by atoms with Crippen LogP contribution in [0.5, 0.6) is 11.5 Å². The Morgan fingerprint density at radius 2 is 1.40 bits per heavy atom. The third kappa shape index (κ3) is 8.42. The number of methoxy groups -OCH3 is 2. The van der Waals surface area contributed by atoms with E-state index in [9.17, 15) is 0 Å². The molecule has 1 fully saturated rings. The first-order valence-electron chi connectivity index (χ1n) is 15.6. The Hall–Kier alpha value is -3.02. The van der Waals surface area contributed by atoms with Crippen molar-refractivity contribution in [3.05, 3.63) is 107 Å². The van der Waals surface area contributed by atoms with Crippen LogP contribution in [0, 0.1) is 6.57 Å². The highest BCUT2D eigenvalue weighted by Crippen LogP contribution is 2.49. The second-order valence-electron chi connectivity index (χ2n) is 11.7. The molecular formula is C36H47N2O6P. The lowest BCUT2D eigenvalue weighted by Crippen LogP contribution is -2.39. The van der Waals surface area contributed by atoms with Gasteiger partial charge in [0.1, 0.15) is 29.8 Å². The fourth-order valence-electron chi connectivity index (χ4n) is 5.86. The summed E-state index contributed by atoms with van der Waals surface area (Å²) in [5.74, 6) is 1.53. The van der Waals surface area contributed by atoms with Gasteiger partial charge >= 0.3 is 0 Å². The van der Waals surface area contributed by atoms with Crippen molar-refractivity contribution in [2.24, 2.45) is 0 Å². The number of nitrogens with zero attached hydrogens (tertiary/aromatic N) is 2. The second-order valence-corrected chi connectivity index (χ2v) is 13.1. The molecular weight excluding hydrogens is 587 g/mol. The fraction of sp³-hybridized carbons (Fsp3) is 0.472. The monoisotopic (exact) mass is 634 g/mol. The molecule has 8 nitrogen and oxygen atoms in total. The Morgan fingerprint density at radius 3 is 1.89 bits per heavy atom. The number of ether oxygens (including phenoxy) is 4. The molecule has 0 aromatic heterocycles. The Balaban J connectivity index is 1.72. The number of hydrogen-bond donors (Lipinski definition) is 0. The van der Waals surface area contributed by atoms with Crippen molar-refractivity contribution >= 4 is 8.53 Å². The molecule has 4 atom stereocenters. The maximum Gasteiger partial charge on any atom is 0.259 e. The van der Waals surface area contributed by atoms with E-state index < -0.39 is 14.1 Å². The van der Waals surface area contributed by atoms with Crippen LogP contribution >= 0.6 is 8.53 Å². The summed E-state index contributed by atoms with van der Waals surface area (Å²) in [7, 11) is 1.90. The molecule has 0 saturated carbocycles. The van der Waals surface area contributed by atoms with Crippen LogP contribution in [0.4, 0.5) is 0 Å². The largest absolute Gasteiger partial charge is 0.497 e.